The Balaban J connectivity index is 1.62. The first-order valence-corrected chi connectivity index (χ1v) is 9.96. The summed E-state index contributed by atoms with van der Waals surface area (Å²) in [4.78, 5) is 18.4. The van der Waals surface area contributed by atoms with Crippen LogP contribution in [0.5, 0.6) is 0 Å². The number of anilines is 1. The van der Waals surface area contributed by atoms with Crippen molar-refractivity contribution in [2.24, 2.45) is 0 Å². The quantitative estimate of drug-likeness (QED) is 0.569. The number of hydrogen-bond acceptors (Lipinski definition) is 2. The number of H-pyrrole nitrogens is 1. The predicted molar refractivity (Wildman–Crippen MR) is 115 cm³/mol. The van der Waals surface area contributed by atoms with E-state index in [9.17, 15) is 4.79 Å². The van der Waals surface area contributed by atoms with Gasteiger partial charge in [0.15, 0.2) is 0 Å². The highest BCUT2D eigenvalue weighted by molar-refractivity contribution is 14.1. The van der Waals surface area contributed by atoms with E-state index in [1.54, 1.807) is 0 Å². The van der Waals surface area contributed by atoms with Crippen LogP contribution < -0.4 is 5.32 Å². The second-order valence-electron chi connectivity index (χ2n) is 7.16. The number of aromatic nitrogens is 1. The van der Waals surface area contributed by atoms with Crippen molar-refractivity contribution in [2.45, 2.75) is 25.3 Å². The van der Waals surface area contributed by atoms with E-state index < -0.39 is 0 Å². The van der Waals surface area contributed by atoms with Gasteiger partial charge in [-0.05, 0) is 104 Å². The number of fused-ring (bicyclic) bond motifs is 3. The molecule has 1 aliphatic carbocycles. The molecule has 0 fully saturated rings. The van der Waals surface area contributed by atoms with Crippen LogP contribution in [0.25, 0.3) is 10.9 Å². The lowest BCUT2D eigenvalue weighted by atomic mass is 9.91. The molecule has 0 spiro atoms. The summed E-state index contributed by atoms with van der Waals surface area (Å²) in [5.74, 6) is -0.0729. The van der Waals surface area contributed by atoms with Gasteiger partial charge in [0, 0.05) is 37.5 Å². The zero-order valence-electron chi connectivity index (χ0n) is 15.0. The fraction of sp³-hybridized carbons (Fsp3) is 0.286. The summed E-state index contributed by atoms with van der Waals surface area (Å²) in [5.41, 5.74) is 5.42. The van der Waals surface area contributed by atoms with Crippen LogP contribution in [0.4, 0.5) is 5.69 Å². The molecule has 2 N–H and O–H groups in total. The van der Waals surface area contributed by atoms with Gasteiger partial charge in [-0.2, -0.15) is 0 Å². The first-order valence-electron chi connectivity index (χ1n) is 8.88. The Bertz CT molecular complexity index is 959. The van der Waals surface area contributed by atoms with Crippen LogP contribution in [0.3, 0.4) is 0 Å². The number of nitrogens with one attached hydrogen (secondary N) is 2. The smallest absolute Gasteiger partial charge is 0.255 e. The van der Waals surface area contributed by atoms with E-state index in [2.05, 4.69) is 64.0 Å². The summed E-state index contributed by atoms with van der Waals surface area (Å²) < 4.78 is 1.12. The van der Waals surface area contributed by atoms with Crippen molar-refractivity contribution >= 4 is 45.1 Å². The molecule has 3 aromatic rings. The lowest BCUT2D eigenvalue weighted by Gasteiger charge is -2.28. The van der Waals surface area contributed by atoms with Gasteiger partial charge in [-0.3, -0.25) is 4.79 Å². The second-order valence-corrected chi connectivity index (χ2v) is 8.41. The van der Waals surface area contributed by atoms with Gasteiger partial charge < -0.3 is 15.2 Å². The minimum Gasteiger partial charge on any atom is -0.358 e. The van der Waals surface area contributed by atoms with E-state index in [4.69, 9.17) is 0 Å². The number of likely N-dealkylation sites (N-methyl/N-ethyl adjacent to an activating group) is 1. The molecular formula is C21H22IN3O. The Morgan fingerprint density at radius 3 is 2.69 bits per heavy atom. The van der Waals surface area contributed by atoms with Crippen molar-refractivity contribution in [3.63, 3.8) is 0 Å². The monoisotopic (exact) mass is 459 g/mol. The maximum absolute atomic E-state index is 12.5. The van der Waals surface area contributed by atoms with Crippen molar-refractivity contribution in [3.05, 3.63) is 62.9 Å². The summed E-state index contributed by atoms with van der Waals surface area (Å²) >= 11 is 2.24. The van der Waals surface area contributed by atoms with Crippen molar-refractivity contribution in [1.29, 1.82) is 0 Å². The zero-order chi connectivity index (χ0) is 18.3. The first-order chi connectivity index (χ1) is 12.5. The molecule has 1 heterocycles. The molecule has 1 aromatic heterocycles. The molecule has 134 valence electrons. The molecule has 26 heavy (non-hydrogen) atoms. The molecule has 2 aromatic carbocycles. The molecule has 0 radical (unpaired) electrons. The van der Waals surface area contributed by atoms with E-state index in [1.807, 2.05) is 30.3 Å². The first kappa shape index (κ1) is 17.5. The maximum atomic E-state index is 12.5. The normalized spacial score (nSPS) is 16.7. The predicted octanol–water partition coefficient (Wildman–Crippen LogP) is 4.44. The van der Waals surface area contributed by atoms with Crippen molar-refractivity contribution in [1.82, 2.24) is 9.88 Å². The number of aromatic amines is 1. The SMILES string of the molecule is CN(C)C1CCc2[nH]c3ccc(NC(=O)c4ccc(I)cc4)cc3c2C1. The van der Waals surface area contributed by atoms with Crippen molar-refractivity contribution < 1.29 is 4.79 Å². The molecular weight excluding hydrogens is 437 g/mol. The average molecular weight is 459 g/mol. The number of hydrogen-bond donors (Lipinski definition) is 2. The average Bonchev–Trinajstić information content (AvgIpc) is 2.99. The minimum absolute atomic E-state index is 0.0729. The number of benzene rings is 2. The lowest BCUT2D eigenvalue weighted by Crippen LogP contribution is -2.33. The number of halogens is 1. The van der Waals surface area contributed by atoms with Crippen LogP contribution in [-0.4, -0.2) is 35.9 Å². The number of carbonyl (C=O) groups excluding carboxylic acids is 1. The van der Waals surface area contributed by atoms with Crippen LogP contribution in [-0.2, 0) is 12.8 Å². The largest absolute Gasteiger partial charge is 0.358 e. The molecule has 0 bridgehead atoms. The van der Waals surface area contributed by atoms with Crippen molar-refractivity contribution in [2.75, 3.05) is 19.4 Å². The second kappa shape index (κ2) is 7.04. The van der Waals surface area contributed by atoms with Gasteiger partial charge in [0.25, 0.3) is 5.91 Å². The molecule has 1 unspecified atom stereocenters. The topological polar surface area (TPSA) is 48.1 Å². The van der Waals surface area contributed by atoms with Crippen LogP contribution in [0, 0.1) is 3.57 Å². The maximum Gasteiger partial charge on any atom is 0.255 e. The summed E-state index contributed by atoms with van der Waals surface area (Å²) in [6, 6.07) is 14.3. The minimum atomic E-state index is -0.0729. The highest BCUT2D eigenvalue weighted by atomic mass is 127. The zero-order valence-corrected chi connectivity index (χ0v) is 17.1. The van der Waals surface area contributed by atoms with Gasteiger partial charge >= 0.3 is 0 Å². The van der Waals surface area contributed by atoms with Gasteiger partial charge in [0.05, 0.1) is 0 Å². The lowest BCUT2D eigenvalue weighted by molar-refractivity contribution is 0.102. The standard InChI is InChI=1S/C21H22IN3O/c1-25(2)16-8-10-20-18(12-16)17-11-15(7-9-19(17)24-20)23-21(26)13-3-5-14(22)6-4-13/h3-7,9,11,16,24H,8,10,12H2,1-2H3,(H,23,26). The highest BCUT2D eigenvalue weighted by Gasteiger charge is 2.23. The Morgan fingerprint density at radius 2 is 1.96 bits per heavy atom. The number of carbonyl (C=O) groups is 1. The van der Waals surface area contributed by atoms with Crippen LogP contribution in [0.2, 0.25) is 0 Å². The Labute approximate surface area is 167 Å². The molecule has 0 saturated heterocycles. The molecule has 0 saturated carbocycles. The number of rotatable bonds is 3. The van der Waals surface area contributed by atoms with Gasteiger partial charge in [0.1, 0.15) is 0 Å². The fourth-order valence-electron chi connectivity index (χ4n) is 3.72. The number of nitrogens with zero attached hydrogens (tertiary/aromatic N) is 1. The molecule has 5 heteroatoms. The third-order valence-electron chi connectivity index (χ3n) is 5.26. The molecule has 1 atom stereocenters. The summed E-state index contributed by atoms with van der Waals surface area (Å²) in [5, 5.41) is 4.26. The van der Waals surface area contributed by atoms with E-state index in [0.717, 1.165) is 27.6 Å². The Morgan fingerprint density at radius 1 is 1.19 bits per heavy atom. The summed E-state index contributed by atoms with van der Waals surface area (Å²) in [6.45, 7) is 0. The van der Waals surface area contributed by atoms with E-state index in [-0.39, 0.29) is 5.91 Å². The molecule has 1 aliphatic rings. The van der Waals surface area contributed by atoms with E-state index >= 15 is 0 Å². The van der Waals surface area contributed by atoms with Gasteiger partial charge in [0.2, 0.25) is 0 Å². The Hall–Kier alpha value is -1.86. The van der Waals surface area contributed by atoms with Crippen LogP contribution in [0.1, 0.15) is 28.0 Å². The third kappa shape index (κ3) is 3.38. The molecule has 4 rings (SSSR count). The van der Waals surface area contributed by atoms with Crippen LogP contribution in [0.15, 0.2) is 42.5 Å². The third-order valence-corrected chi connectivity index (χ3v) is 5.98. The number of aryl methyl sites for hydroxylation is 1. The van der Waals surface area contributed by atoms with Crippen LogP contribution >= 0.6 is 22.6 Å². The molecule has 0 aliphatic heterocycles. The highest BCUT2D eigenvalue weighted by Crippen LogP contribution is 2.32. The number of amides is 1. The fourth-order valence-corrected chi connectivity index (χ4v) is 4.08. The van der Waals surface area contributed by atoms with Gasteiger partial charge in [-0.1, -0.05) is 0 Å². The summed E-state index contributed by atoms with van der Waals surface area (Å²) in [7, 11) is 4.30. The van der Waals surface area contributed by atoms with Crippen molar-refractivity contribution in [3.8, 4) is 0 Å². The molecule has 1 amide bonds. The Kier molecular flexibility index (Phi) is 4.75. The summed E-state index contributed by atoms with van der Waals surface area (Å²) in [6.07, 6.45) is 3.32. The van der Waals surface area contributed by atoms with Gasteiger partial charge in [-0.15, -0.1) is 0 Å². The van der Waals surface area contributed by atoms with E-state index in [1.165, 1.54) is 23.1 Å². The van der Waals surface area contributed by atoms with Gasteiger partial charge in [-0.25, -0.2) is 0 Å². The molecule has 4 nitrogen and oxygen atoms in total. The van der Waals surface area contributed by atoms with E-state index in [0.29, 0.717) is 11.6 Å².